The number of hydrogen-bond acceptors (Lipinski definition) is 6. The number of halogens is 3. The lowest BCUT2D eigenvalue weighted by molar-refractivity contribution is -0.141. The number of anilines is 1. The molecule has 3 N–H and O–H groups in total. The van der Waals surface area contributed by atoms with Crippen molar-refractivity contribution in [3.8, 4) is 17.1 Å². The van der Waals surface area contributed by atoms with Gasteiger partial charge in [0.25, 0.3) is 0 Å². The SMILES string of the molecule is CCOc1cc(NC(=O)NCc2cc(C)c(-c3c[nH]nc3CC3CC3)nn2)cc(C(F)(F)F)n1. The fourth-order valence-corrected chi connectivity index (χ4v) is 3.46. The first-order valence-corrected chi connectivity index (χ1v) is 10.9. The lowest BCUT2D eigenvalue weighted by Gasteiger charge is -2.13. The lowest BCUT2D eigenvalue weighted by Crippen LogP contribution is -2.29. The molecule has 3 aromatic rings. The van der Waals surface area contributed by atoms with Crippen LogP contribution in [-0.2, 0) is 19.1 Å². The fourth-order valence-electron chi connectivity index (χ4n) is 3.46. The smallest absolute Gasteiger partial charge is 0.433 e. The number of carbonyl (C=O) groups is 1. The standard InChI is InChI=1S/C22H24F3N7O2/c1-3-34-19-9-14(8-18(29-19)22(23,24)25)28-21(33)26-10-15-6-12(2)20(32-30-15)16-11-27-31-17(16)7-13-4-5-13/h6,8-9,11,13H,3-5,7,10H2,1-2H3,(H,27,31)(H2,26,28,29,33). The second-order valence-electron chi connectivity index (χ2n) is 8.08. The first-order valence-electron chi connectivity index (χ1n) is 10.9. The molecule has 2 amide bonds. The zero-order valence-electron chi connectivity index (χ0n) is 18.7. The molecule has 0 unspecified atom stereocenters. The first kappa shape index (κ1) is 23.5. The average Bonchev–Trinajstić information content (AvgIpc) is 3.47. The largest absolute Gasteiger partial charge is 0.478 e. The van der Waals surface area contributed by atoms with E-state index in [1.165, 1.54) is 18.9 Å². The van der Waals surface area contributed by atoms with Crippen LogP contribution in [0.25, 0.3) is 11.3 Å². The Morgan fingerprint density at radius 3 is 2.71 bits per heavy atom. The molecule has 1 aliphatic rings. The van der Waals surface area contributed by atoms with Crippen LogP contribution >= 0.6 is 0 Å². The average molecular weight is 475 g/mol. The summed E-state index contributed by atoms with van der Waals surface area (Å²) in [6, 6.07) is 3.07. The molecule has 3 aromatic heterocycles. The molecule has 3 heterocycles. The lowest BCUT2D eigenvalue weighted by atomic mass is 10.0. The summed E-state index contributed by atoms with van der Waals surface area (Å²) in [5.74, 6) is 0.444. The van der Waals surface area contributed by atoms with Crippen LogP contribution in [0, 0.1) is 12.8 Å². The van der Waals surface area contributed by atoms with E-state index in [4.69, 9.17) is 4.74 Å². The highest BCUT2D eigenvalue weighted by molar-refractivity contribution is 5.89. The normalized spacial score (nSPS) is 13.6. The summed E-state index contributed by atoms with van der Waals surface area (Å²) in [4.78, 5) is 15.7. The monoisotopic (exact) mass is 475 g/mol. The number of aromatic amines is 1. The van der Waals surface area contributed by atoms with Crippen molar-refractivity contribution in [2.45, 2.75) is 45.8 Å². The van der Waals surface area contributed by atoms with Crippen molar-refractivity contribution in [3.05, 3.63) is 47.0 Å². The Bertz CT molecular complexity index is 1180. The number of aryl methyl sites for hydroxylation is 1. The van der Waals surface area contributed by atoms with Gasteiger partial charge >= 0.3 is 12.2 Å². The van der Waals surface area contributed by atoms with Gasteiger partial charge in [0.15, 0.2) is 5.69 Å². The van der Waals surface area contributed by atoms with E-state index in [1.807, 2.05) is 6.92 Å². The minimum atomic E-state index is -4.68. The molecule has 1 aliphatic carbocycles. The molecule has 34 heavy (non-hydrogen) atoms. The molecule has 4 rings (SSSR count). The summed E-state index contributed by atoms with van der Waals surface area (Å²) in [6.45, 7) is 3.69. The van der Waals surface area contributed by atoms with Crippen molar-refractivity contribution in [1.29, 1.82) is 0 Å². The van der Waals surface area contributed by atoms with Crippen molar-refractivity contribution in [1.82, 2.24) is 30.7 Å². The second kappa shape index (κ2) is 9.65. The maximum atomic E-state index is 13.1. The Balaban J connectivity index is 1.40. The van der Waals surface area contributed by atoms with E-state index in [2.05, 4.69) is 36.0 Å². The molecule has 0 aromatic carbocycles. The highest BCUT2D eigenvalue weighted by atomic mass is 19.4. The maximum absolute atomic E-state index is 13.1. The van der Waals surface area contributed by atoms with Gasteiger partial charge in [-0.1, -0.05) is 0 Å². The van der Waals surface area contributed by atoms with Gasteiger partial charge in [0.05, 0.1) is 30.2 Å². The molecule has 0 atom stereocenters. The van der Waals surface area contributed by atoms with Crippen LogP contribution in [-0.4, -0.2) is 38.0 Å². The van der Waals surface area contributed by atoms with Gasteiger partial charge in [-0.25, -0.2) is 9.78 Å². The summed E-state index contributed by atoms with van der Waals surface area (Å²) in [5, 5.41) is 20.7. The van der Waals surface area contributed by atoms with Crippen LogP contribution in [0.3, 0.4) is 0 Å². The molecule has 0 bridgehead atoms. The summed E-state index contributed by atoms with van der Waals surface area (Å²) in [5.41, 5.74) is 2.72. The Kier molecular flexibility index (Phi) is 6.66. The second-order valence-corrected chi connectivity index (χ2v) is 8.08. The van der Waals surface area contributed by atoms with Gasteiger partial charge < -0.3 is 15.4 Å². The highest BCUT2D eigenvalue weighted by Crippen LogP contribution is 2.35. The number of ether oxygens (including phenoxy) is 1. The van der Waals surface area contributed by atoms with E-state index in [-0.39, 0.29) is 24.7 Å². The molecule has 180 valence electrons. The number of nitrogens with zero attached hydrogens (tertiary/aromatic N) is 4. The number of alkyl halides is 3. The molecule has 0 spiro atoms. The number of pyridine rings is 1. The minimum Gasteiger partial charge on any atom is -0.478 e. The van der Waals surface area contributed by atoms with Crippen LogP contribution in [0.2, 0.25) is 0 Å². The number of aromatic nitrogens is 5. The number of amides is 2. The Morgan fingerprint density at radius 1 is 1.24 bits per heavy atom. The van der Waals surface area contributed by atoms with Crippen LogP contribution in [0.1, 0.15) is 42.4 Å². The van der Waals surface area contributed by atoms with E-state index in [9.17, 15) is 18.0 Å². The molecule has 12 heteroatoms. The van der Waals surface area contributed by atoms with Crippen LogP contribution < -0.4 is 15.4 Å². The van der Waals surface area contributed by atoms with Gasteiger partial charge in [-0.3, -0.25) is 5.10 Å². The zero-order chi connectivity index (χ0) is 24.3. The predicted molar refractivity (Wildman–Crippen MR) is 117 cm³/mol. The van der Waals surface area contributed by atoms with E-state index in [1.54, 1.807) is 19.2 Å². The number of rotatable bonds is 8. The van der Waals surface area contributed by atoms with E-state index >= 15 is 0 Å². The van der Waals surface area contributed by atoms with Gasteiger partial charge in [0, 0.05) is 23.5 Å². The molecule has 0 saturated heterocycles. The number of hydrogen-bond donors (Lipinski definition) is 3. The van der Waals surface area contributed by atoms with Gasteiger partial charge in [0.1, 0.15) is 0 Å². The topological polar surface area (TPSA) is 118 Å². The first-order chi connectivity index (χ1) is 16.2. The van der Waals surface area contributed by atoms with Crippen LogP contribution in [0.15, 0.2) is 24.4 Å². The Hall–Kier alpha value is -3.70. The van der Waals surface area contributed by atoms with Crippen LogP contribution in [0.4, 0.5) is 23.7 Å². The third-order valence-electron chi connectivity index (χ3n) is 5.26. The predicted octanol–water partition coefficient (Wildman–Crippen LogP) is 4.26. The molecule has 1 fully saturated rings. The fraction of sp³-hybridized carbons (Fsp3) is 0.409. The number of nitrogens with one attached hydrogen (secondary N) is 3. The molecule has 0 radical (unpaired) electrons. The summed E-state index contributed by atoms with van der Waals surface area (Å²) < 4.78 is 44.3. The molecular weight excluding hydrogens is 451 g/mol. The van der Waals surface area contributed by atoms with Crippen molar-refractivity contribution in [2.24, 2.45) is 5.92 Å². The van der Waals surface area contributed by atoms with Crippen molar-refractivity contribution in [2.75, 3.05) is 11.9 Å². The molecule has 1 saturated carbocycles. The third kappa shape index (κ3) is 5.80. The van der Waals surface area contributed by atoms with Crippen molar-refractivity contribution >= 4 is 11.7 Å². The van der Waals surface area contributed by atoms with Crippen LogP contribution in [0.5, 0.6) is 5.88 Å². The van der Waals surface area contributed by atoms with Crippen molar-refractivity contribution in [3.63, 3.8) is 0 Å². The van der Waals surface area contributed by atoms with Crippen molar-refractivity contribution < 1.29 is 22.7 Å². The van der Waals surface area contributed by atoms with Gasteiger partial charge in [-0.2, -0.15) is 23.4 Å². The molecule has 0 aliphatic heterocycles. The van der Waals surface area contributed by atoms with Gasteiger partial charge in [-0.05, 0) is 56.7 Å². The zero-order valence-corrected chi connectivity index (χ0v) is 18.7. The third-order valence-corrected chi connectivity index (χ3v) is 5.26. The number of H-pyrrole nitrogens is 1. The highest BCUT2D eigenvalue weighted by Gasteiger charge is 2.33. The molecule has 9 nitrogen and oxygen atoms in total. The van der Waals surface area contributed by atoms with E-state index < -0.39 is 17.9 Å². The molecular formula is C22H24F3N7O2. The Morgan fingerprint density at radius 2 is 2.03 bits per heavy atom. The summed E-state index contributed by atoms with van der Waals surface area (Å²) in [6.07, 6.45) is 0.462. The minimum absolute atomic E-state index is 0.0375. The van der Waals surface area contributed by atoms with E-state index in [0.29, 0.717) is 11.6 Å². The van der Waals surface area contributed by atoms with Gasteiger partial charge in [-0.15, -0.1) is 5.10 Å². The number of urea groups is 1. The summed E-state index contributed by atoms with van der Waals surface area (Å²) in [7, 11) is 0. The number of carbonyl (C=O) groups excluding carboxylic acids is 1. The van der Waals surface area contributed by atoms with E-state index in [0.717, 1.165) is 35.0 Å². The Labute approximate surface area is 193 Å². The summed E-state index contributed by atoms with van der Waals surface area (Å²) >= 11 is 0. The maximum Gasteiger partial charge on any atom is 0.433 e. The quantitative estimate of drug-likeness (QED) is 0.448. The van der Waals surface area contributed by atoms with Gasteiger partial charge in [0.2, 0.25) is 5.88 Å².